The molecule has 0 spiro atoms. The van der Waals surface area contributed by atoms with Crippen molar-refractivity contribution in [3.05, 3.63) is 72.6 Å². The molecular weight excluding hydrogens is 282 g/mol. The van der Waals surface area contributed by atoms with Crippen molar-refractivity contribution in [3.8, 4) is 0 Å². The van der Waals surface area contributed by atoms with E-state index in [0.29, 0.717) is 0 Å². The van der Waals surface area contributed by atoms with Gasteiger partial charge < -0.3 is 0 Å². The number of rotatable bonds is 4. The van der Waals surface area contributed by atoms with E-state index in [2.05, 4.69) is 64.5 Å². The summed E-state index contributed by atoms with van der Waals surface area (Å²) < 4.78 is 2.21. The third-order valence-electron chi connectivity index (χ3n) is 4.22. The van der Waals surface area contributed by atoms with E-state index in [-0.39, 0.29) is 0 Å². The molecule has 3 nitrogen and oxygen atoms in total. The average molecular weight is 301 g/mol. The smallest absolute Gasteiger partial charge is 0.0741 e. The Bertz CT molecular complexity index is 955. The molecule has 1 N–H and O–H groups in total. The van der Waals surface area contributed by atoms with Crippen molar-refractivity contribution in [3.63, 3.8) is 0 Å². The van der Waals surface area contributed by atoms with Gasteiger partial charge in [-0.15, -0.1) is 0 Å². The molecule has 0 aliphatic carbocycles. The lowest BCUT2D eigenvalue weighted by molar-refractivity contribution is 0.917. The van der Waals surface area contributed by atoms with Crippen molar-refractivity contribution in [1.82, 2.24) is 9.66 Å². The van der Waals surface area contributed by atoms with Gasteiger partial charge in [0, 0.05) is 23.2 Å². The molecule has 4 rings (SSSR count). The summed E-state index contributed by atoms with van der Waals surface area (Å²) in [5.41, 5.74) is 8.43. The average Bonchev–Trinajstić information content (AvgIpc) is 2.92. The first-order valence-electron chi connectivity index (χ1n) is 8.06. The van der Waals surface area contributed by atoms with E-state index in [0.717, 1.165) is 18.5 Å². The molecule has 0 aliphatic rings. The number of pyridine rings is 1. The van der Waals surface area contributed by atoms with Gasteiger partial charge in [-0.25, -0.2) is 0 Å². The van der Waals surface area contributed by atoms with E-state index in [1.165, 1.54) is 27.4 Å². The second-order valence-corrected chi connectivity index (χ2v) is 5.76. The SMILES string of the molecule is CCCc1cccc2c3ccccc3n(Nc3ccncc3)c12. The van der Waals surface area contributed by atoms with Crippen molar-refractivity contribution in [2.24, 2.45) is 0 Å². The van der Waals surface area contributed by atoms with Gasteiger partial charge in [0.25, 0.3) is 0 Å². The van der Waals surface area contributed by atoms with Gasteiger partial charge in [-0.3, -0.25) is 15.1 Å². The Morgan fingerprint density at radius 2 is 1.70 bits per heavy atom. The monoisotopic (exact) mass is 301 g/mol. The van der Waals surface area contributed by atoms with Crippen LogP contribution in [0.15, 0.2) is 67.0 Å². The lowest BCUT2D eigenvalue weighted by Gasteiger charge is -2.13. The Morgan fingerprint density at radius 1 is 0.913 bits per heavy atom. The van der Waals surface area contributed by atoms with Crippen LogP contribution >= 0.6 is 0 Å². The number of benzene rings is 2. The van der Waals surface area contributed by atoms with E-state index >= 15 is 0 Å². The number of nitrogens with one attached hydrogen (secondary N) is 1. The third kappa shape index (κ3) is 2.34. The number of nitrogens with zero attached hydrogens (tertiary/aromatic N) is 2. The molecule has 0 atom stereocenters. The molecule has 0 saturated carbocycles. The largest absolute Gasteiger partial charge is 0.294 e. The van der Waals surface area contributed by atoms with Gasteiger partial charge in [0.1, 0.15) is 0 Å². The lowest BCUT2D eigenvalue weighted by atomic mass is 10.1. The van der Waals surface area contributed by atoms with Crippen LogP contribution in [0.2, 0.25) is 0 Å². The van der Waals surface area contributed by atoms with E-state index < -0.39 is 0 Å². The minimum atomic E-state index is 1.04. The molecule has 2 aromatic heterocycles. The Kier molecular flexibility index (Phi) is 3.46. The molecule has 0 aliphatic heterocycles. The van der Waals surface area contributed by atoms with Crippen molar-refractivity contribution in [2.75, 3.05) is 5.43 Å². The second kappa shape index (κ2) is 5.76. The van der Waals surface area contributed by atoms with Crippen molar-refractivity contribution in [2.45, 2.75) is 19.8 Å². The summed E-state index contributed by atoms with van der Waals surface area (Å²) >= 11 is 0. The predicted octanol–water partition coefficient (Wildman–Crippen LogP) is 5.02. The number of anilines is 1. The van der Waals surface area contributed by atoms with Gasteiger partial charge in [0.2, 0.25) is 0 Å². The van der Waals surface area contributed by atoms with E-state index in [1.807, 2.05) is 24.5 Å². The molecular formula is C20H19N3. The number of hydrogen-bond donors (Lipinski definition) is 1. The van der Waals surface area contributed by atoms with Gasteiger partial charge in [0.15, 0.2) is 0 Å². The highest BCUT2D eigenvalue weighted by Gasteiger charge is 2.13. The van der Waals surface area contributed by atoms with Crippen LogP contribution in [-0.4, -0.2) is 9.66 Å². The van der Waals surface area contributed by atoms with Gasteiger partial charge in [-0.05, 0) is 30.2 Å². The first kappa shape index (κ1) is 13.8. The summed E-state index contributed by atoms with van der Waals surface area (Å²) in [5, 5.41) is 2.58. The number of fused-ring (bicyclic) bond motifs is 3. The summed E-state index contributed by atoms with van der Waals surface area (Å²) in [5.74, 6) is 0. The van der Waals surface area contributed by atoms with Crippen LogP contribution in [0.4, 0.5) is 5.69 Å². The Morgan fingerprint density at radius 3 is 2.52 bits per heavy atom. The van der Waals surface area contributed by atoms with Crippen molar-refractivity contribution in [1.29, 1.82) is 0 Å². The number of aromatic nitrogens is 2. The Balaban J connectivity index is 2.02. The quantitative estimate of drug-likeness (QED) is 0.574. The predicted molar refractivity (Wildman–Crippen MR) is 96.7 cm³/mol. The maximum absolute atomic E-state index is 4.10. The maximum Gasteiger partial charge on any atom is 0.0741 e. The summed E-state index contributed by atoms with van der Waals surface area (Å²) in [6, 6.07) is 19.1. The summed E-state index contributed by atoms with van der Waals surface area (Å²) in [7, 11) is 0. The van der Waals surface area contributed by atoms with Gasteiger partial charge in [-0.1, -0.05) is 49.7 Å². The third-order valence-corrected chi connectivity index (χ3v) is 4.22. The zero-order valence-electron chi connectivity index (χ0n) is 13.2. The fourth-order valence-electron chi connectivity index (χ4n) is 3.23. The van der Waals surface area contributed by atoms with Crippen LogP contribution in [-0.2, 0) is 6.42 Å². The van der Waals surface area contributed by atoms with Crippen LogP contribution in [0, 0.1) is 0 Å². The van der Waals surface area contributed by atoms with Gasteiger partial charge >= 0.3 is 0 Å². The molecule has 2 aromatic carbocycles. The molecule has 114 valence electrons. The minimum Gasteiger partial charge on any atom is -0.294 e. The molecule has 0 bridgehead atoms. The molecule has 0 saturated heterocycles. The Labute approximate surface area is 135 Å². The molecule has 4 aromatic rings. The number of para-hydroxylation sites is 2. The second-order valence-electron chi connectivity index (χ2n) is 5.76. The Hall–Kier alpha value is -2.81. The van der Waals surface area contributed by atoms with E-state index in [9.17, 15) is 0 Å². The summed E-state index contributed by atoms with van der Waals surface area (Å²) in [6.07, 6.45) is 5.83. The molecule has 0 amide bonds. The number of hydrogen-bond acceptors (Lipinski definition) is 2. The van der Waals surface area contributed by atoms with E-state index in [4.69, 9.17) is 0 Å². The molecule has 23 heavy (non-hydrogen) atoms. The highest BCUT2D eigenvalue weighted by atomic mass is 15.4. The van der Waals surface area contributed by atoms with Crippen LogP contribution in [0.25, 0.3) is 21.8 Å². The zero-order chi connectivity index (χ0) is 15.6. The molecule has 3 heteroatoms. The molecule has 2 heterocycles. The summed E-state index contributed by atoms with van der Waals surface area (Å²) in [4.78, 5) is 4.10. The lowest BCUT2D eigenvalue weighted by Crippen LogP contribution is -2.09. The van der Waals surface area contributed by atoms with Gasteiger partial charge in [0.05, 0.1) is 16.7 Å². The topological polar surface area (TPSA) is 29.9 Å². The molecule has 0 radical (unpaired) electrons. The highest BCUT2D eigenvalue weighted by Crippen LogP contribution is 2.31. The first-order chi connectivity index (χ1) is 11.4. The van der Waals surface area contributed by atoms with Crippen LogP contribution in [0.1, 0.15) is 18.9 Å². The molecule has 0 fully saturated rings. The maximum atomic E-state index is 4.10. The molecule has 0 unspecified atom stereocenters. The zero-order valence-corrected chi connectivity index (χ0v) is 13.2. The van der Waals surface area contributed by atoms with Crippen LogP contribution in [0.3, 0.4) is 0 Å². The normalized spacial score (nSPS) is 11.2. The standard InChI is InChI=1S/C20H19N3/c1-2-6-15-7-5-9-18-17-8-3-4-10-19(17)23(20(15)18)22-16-11-13-21-14-12-16/h3-5,7-14H,2,6H2,1H3,(H,21,22). The fourth-order valence-corrected chi connectivity index (χ4v) is 3.23. The van der Waals surface area contributed by atoms with Gasteiger partial charge in [-0.2, -0.15) is 0 Å². The number of aryl methyl sites for hydroxylation is 1. The van der Waals surface area contributed by atoms with Crippen LogP contribution in [0.5, 0.6) is 0 Å². The first-order valence-corrected chi connectivity index (χ1v) is 8.06. The summed E-state index contributed by atoms with van der Waals surface area (Å²) in [6.45, 7) is 2.22. The highest BCUT2D eigenvalue weighted by molar-refractivity contribution is 6.09. The van der Waals surface area contributed by atoms with E-state index in [1.54, 1.807) is 0 Å². The minimum absolute atomic E-state index is 1.04. The fraction of sp³-hybridized carbons (Fsp3) is 0.150. The van der Waals surface area contributed by atoms with Crippen LogP contribution < -0.4 is 5.43 Å². The van der Waals surface area contributed by atoms with Crippen molar-refractivity contribution >= 4 is 27.5 Å². The van der Waals surface area contributed by atoms with Crippen molar-refractivity contribution < 1.29 is 0 Å².